The highest BCUT2D eigenvalue weighted by atomic mass is 16.4. The summed E-state index contributed by atoms with van der Waals surface area (Å²) in [6.45, 7) is 1.48. The summed E-state index contributed by atoms with van der Waals surface area (Å²) in [6.07, 6.45) is 3.29. The van der Waals surface area contributed by atoms with Crippen molar-refractivity contribution in [1.29, 1.82) is 0 Å². The van der Waals surface area contributed by atoms with E-state index in [2.05, 4.69) is 5.32 Å². The lowest BCUT2D eigenvalue weighted by Gasteiger charge is -2.22. The van der Waals surface area contributed by atoms with Gasteiger partial charge in [0.2, 0.25) is 0 Å². The van der Waals surface area contributed by atoms with E-state index in [1.165, 1.54) is 30.0 Å². The number of nitrogens with zero attached hydrogens (tertiary/aromatic N) is 1. The maximum Gasteiger partial charge on any atom is 0.326 e. The zero-order chi connectivity index (χ0) is 14.0. The van der Waals surface area contributed by atoms with Crippen LogP contribution in [0.5, 0.6) is 0 Å². The van der Waals surface area contributed by atoms with Crippen LogP contribution < -0.4 is 5.32 Å². The van der Waals surface area contributed by atoms with Crippen molar-refractivity contribution in [3.05, 3.63) is 29.3 Å². The Morgan fingerprint density at radius 3 is 2.68 bits per heavy atom. The van der Waals surface area contributed by atoms with Gasteiger partial charge >= 0.3 is 12.0 Å². The summed E-state index contributed by atoms with van der Waals surface area (Å²) in [7, 11) is 1.47. The number of amides is 2. The summed E-state index contributed by atoms with van der Waals surface area (Å²) >= 11 is 0. The SMILES string of the molecule is CC(C(=O)O)N(C)C(=O)Nc1ccc2c(c1)CCC2. The van der Waals surface area contributed by atoms with Gasteiger partial charge in [0, 0.05) is 12.7 Å². The molecule has 19 heavy (non-hydrogen) atoms. The molecule has 0 radical (unpaired) electrons. The Labute approximate surface area is 112 Å². The highest BCUT2D eigenvalue weighted by Gasteiger charge is 2.22. The van der Waals surface area contributed by atoms with Gasteiger partial charge in [-0.1, -0.05) is 6.07 Å². The summed E-state index contributed by atoms with van der Waals surface area (Å²) in [5.41, 5.74) is 3.33. The zero-order valence-electron chi connectivity index (χ0n) is 11.1. The summed E-state index contributed by atoms with van der Waals surface area (Å²) < 4.78 is 0. The number of hydrogen-bond donors (Lipinski definition) is 2. The number of anilines is 1. The van der Waals surface area contributed by atoms with Gasteiger partial charge in [-0.25, -0.2) is 9.59 Å². The topological polar surface area (TPSA) is 69.6 Å². The molecule has 0 saturated carbocycles. The maximum atomic E-state index is 11.9. The molecule has 1 unspecified atom stereocenters. The van der Waals surface area contributed by atoms with Crippen molar-refractivity contribution in [3.63, 3.8) is 0 Å². The third-order valence-corrected chi connectivity index (χ3v) is 3.61. The van der Waals surface area contributed by atoms with Crippen molar-refractivity contribution in [3.8, 4) is 0 Å². The van der Waals surface area contributed by atoms with Gasteiger partial charge in [0.05, 0.1) is 0 Å². The normalized spacial score (nSPS) is 14.6. The minimum absolute atomic E-state index is 0.409. The van der Waals surface area contributed by atoms with Crippen LogP contribution in [0.3, 0.4) is 0 Å². The molecule has 2 N–H and O–H groups in total. The molecule has 0 heterocycles. The van der Waals surface area contributed by atoms with Crippen LogP contribution in [-0.4, -0.2) is 35.1 Å². The third-order valence-electron chi connectivity index (χ3n) is 3.61. The van der Waals surface area contributed by atoms with Gasteiger partial charge < -0.3 is 15.3 Å². The van der Waals surface area contributed by atoms with Crippen LogP contribution >= 0.6 is 0 Å². The Morgan fingerprint density at radius 1 is 1.32 bits per heavy atom. The van der Waals surface area contributed by atoms with Crippen molar-refractivity contribution in [2.45, 2.75) is 32.2 Å². The fourth-order valence-corrected chi connectivity index (χ4v) is 2.20. The van der Waals surface area contributed by atoms with Gasteiger partial charge in [0.1, 0.15) is 6.04 Å². The number of urea groups is 1. The zero-order valence-corrected chi connectivity index (χ0v) is 11.1. The Bertz CT molecular complexity index is 513. The third kappa shape index (κ3) is 2.86. The van der Waals surface area contributed by atoms with Gasteiger partial charge in [-0.15, -0.1) is 0 Å². The van der Waals surface area contributed by atoms with E-state index in [1.807, 2.05) is 18.2 Å². The van der Waals surface area contributed by atoms with E-state index >= 15 is 0 Å². The van der Waals surface area contributed by atoms with Crippen LogP contribution in [0.25, 0.3) is 0 Å². The fraction of sp³-hybridized carbons (Fsp3) is 0.429. The highest BCUT2D eigenvalue weighted by molar-refractivity contribution is 5.92. The summed E-state index contributed by atoms with van der Waals surface area (Å²) in [5.74, 6) is -1.02. The number of carboxylic acid groups (broad SMARTS) is 1. The molecule has 0 spiro atoms. The predicted octanol–water partition coefficient (Wildman–Crippen LogP) is 2.11. The van der Waals surface area contributed by atoms with Gasteiger partial charge in [-0.05, 0) is 49.4 Å². The van der Waals surface area contributed by atoms with Crippen molar-refractivity contribution >= 4 is 17.7 Å². The lowest BCUT2D eigenvalue weighted by atomic mass is 10.1. The molecule has 1 atom stereocenters. The van der Waals surface area contributed by atoms with E-state index in [4.69, 9.17) is 5.11 Å². The standard InChI is InChI=1S/C14H18N2O3/c1-9(13(17)18)16(2)14(19)15-12-7-6-10-4-3-5-11(10)8-12/h6-9H,3-5H2,1-2H3,(H,15,19)(H,17,18). The number of fused-ring (bicyclic) bond motifs is 1. The average molecular weight is 262 g/mol. The summed E-state index contributed by atoms with van der Waals surface area (Å²) in [4.78, 5) is 23.9. The smallest absolute Gasteiger partial charge is 0.326 e. The first-order valence-electron chi connectivity index (χ1n) is 6.37. The summed E-state index contributed by atoms with van der Waals surface area (Å²) in [5, 5.41) is 11.6. The molecule has 102 valence electrons. The van der Waals surface area contributed by atoms with E-state index in [1.54, 1.807) is 0 Å². The average Bonchev–Trinajstić information content (AvgIpc) is 2.84. The lowest BCUT2D eigenvalue weighted by Crippen LogP contribution is -2.42. The molecule has 0 aromatic heterocycles. The fourth-order valence-electron chi connectivity index (χ4n) is 2.20. The molecule has 5 nitrogen and oxygen atoms in total. The second-order valence-corrected chi connectivity index (χ2v) is 4.89. The quantitative estimate of drug-likeness (QED) is 0.876. The molecule has 2 amide bonds. The number of nitrogens with one attached hydrogen (secondary N) is 1. The molecule has 2 rings (SSSR count). The number of carbonyl (C=O) groups excluding carboxylic acids is 1. The van der Waals surface area contributed by atoms with E-state index in [0.29, 0.717) is 0 Å². The summed E-state index contributed by atoms with van der Waals surface area (Å²) in [6, 6.07) is 4.60. The number of carboxylic acids is 1. The van der Waals surface area contributed by atoms with Crippen LogP contribution in [0.15, 0.2) is 18.2 Å². The predicted molar refractivity (Wildman–Crippen MR) is 72.3 cm³/mol. The molecular weight excluding hydrogens is 244 g/mol. The molecule has 0 saturated heterocycles. The molecule has 1 aromatic carbocycles. The van der Waals surface area contributed by atoms with Crippen LogP contribution in [-0.2, 0) is 17.6 Å². The van der Waals surface area contributed by atoms with Crippen LogP contribution in [0.4, 0.5) is 10.5 Å². The van der Waals surface area contributed by atoms with E-state index in [0.717, 1.165) is 24.9 Å². The Hall–Kier alpha value is -2.04. The van der Waals surface area contributed by atoms with Crippen molar-refractivity contribution in [2.24, 2.45) is 0 Å². The molecule has 1 aromatic rings. The number of hydrogen-bond acceptors (Lipinski definition) is 2. The highest BCUT2D eigenvalue weighted by Crippen LogP contribution is 2.25. The molecule has 0 fully saturated rings. The largest absolute Gasteiger partial charge is 0.480 e. The van der Waals surface area contributed by atoms with Gasteiger partial charge in [-0.2, -0.15) is 0 Å². The second-order valence-electron chi connectivity index (χ2n) is 4.89. The molecule has 0 bridgehead atoms. The Kier molecular flexibility index (Phi) is 3.74. The minimum Gasteiger partial charge on any atom is -0.480 e. The number of aliphatic carboxylic acids is 1. The first-order chi connectivity index (χ1) is 8.99. The lowest BCUT2D eigenvalue weighted by molar-refractivity contribution is -0.141. The van der Waals surface area contributed by atoms with Crippen molar-refractivity contribution in [1.82, 2.24) is 4.90 Å². The number of rotatable bonds is 3. The van der Waals surface area contributed by atoms with Gasteiger partial charge in [0.15, 0.2) is 0 Å². The van der Waals surface area contributed by atoms with E-state index < -0.39 is 18.0 Å². The monoisotopic (exact) mass is 262 g/mol. The minimum atomic E-state index is -1.02. The molecule has 0 aliphatic heterocycles. The first kappa shape index (κ1) is 13.4. The molecular formula is C14H18N2O3. The van der Waals surface area contributed by atoms with Crippen LogP contribution in [0, 0.1) is 0 Å². The molecule has 5 heteroatoms. The van der Waals surface area contributed by atoms with Crippen LogP contribution in [0.1, 0.15) is 24.5 Å². The first-order valence-corrected chi connectivity index (χ1v) is 6.37. The maximum absolute atomic E-state index is 11.9. The Balaban J connectivity index is 2.05. The van der Waals surface area contributed by atoms with Crippen molar-refractivity contribution in [2.75, 3.05) is 12.4 Å². The number of benzene rings is 1. The van der Waals surface area contributed by atoms with E-state index in [-0.39, 0.29) is 0 Å². The van der Waals surface area contributed by atoms with Gasteiger partial charge in [-0.3, -0.25) is 0 Å². The second kappa shape index (κ2) is 5.30. The number of carbonyl (C=O) groups is 2. The Morgan fingerprint density at radius 2 is 2.00 bits per heavy atom. The van der Waals surface area contributed by atoms with Gasteiger partial charge in [0.25, 0.3) is 0 Å². The van der Waals surface area contributed by atoms with E-state index in [9.17, 15) is 9.59 Å². The number of aryl methyl sites for hydroxylation is 2. The molecule has 1 aliphatic rings. The van der Waals surface area contributed by atoms with Crippen LogP contribution in [0.2, 0.25) is 0 Å². The molecule has 1 aliphatic carbocycles. The number of likely N-dealkylation sites (N-methyl/N-ethyl adjacent to an activating group) is 1. The van der Waals surface area contributed by atoms with Crippen molar-refractivity contribution < 1.29 is 14.7 Å².